The van der Waals surface area contributed by atoms with E-state index in [0.29, 0.717) is 0 Å². The zero-order chi connectivity index (χ0) is 10.6. The molecule has 0 unspecified atom stereocenters. The largest absolute Gasteiger partial charge is 0.351 e. The van der Waals surface area contributed by atoms with Crippen molar-refractivity contribution in [3.63, 3.8) is 0 Å². The molecule has 0 aromatic carbocycles. The maximum Gasteiger partial charge on any atom is 0.0919 e. The van der Waals surface area contributed by atoms with E-state index in [4.69, 9.17) is 0 Å². The molecule has 0 saturated heterocycles. The number of aromatic nitrogens is 6. The highest BCUT2D eigenvalue weighted by atomic mass is 15.1. The molecule has 0 atom stereocenters. The van der Waals surface area contributed by atoms with E-state index in [9.17, 15) is 0 Å². The monoisotopic (exact) mass is 220 g/mol. The molecule has 3 aromatic heterocycles. The van der Waals surface area contributed by atoms with Gasteiger partial charge in [-0.05, 0) is 6.07 Å². The van der Waals surface area contributed by atoms with E-state index in [2.05, 4.69) is 30.1 Å². The van der Waals surface area contributed by atoms with Gasteiger partial charge in [0.05, 0.1) is 12.7 Å². The van der Waals surface area contributed by atoms with Crippen molar-refractivity contribution in [2.45, 2.75) is 7.43 Å². The first kappa shape index (κ1) is 13.6. The third-order valence-electron chi connectivity index (χ3n) is 1.22. The number of hydrogen-bond acceptors (Lipinski definition) is 3. The average molecular weight is 220 g/mol. The summed E-state index contributed by atoms with van der Waals surface area (Å²) in [5.41, 5.74) is 0. The molecule has 0 bridgehead atoms. The number of rotatable bonds is 0. The van der Waals surface area contributed by atoms with E-state index >= 15 is 0 Å². The van der Waals surface area contributed by atoms with Crippen LogP contribution in [0.5, 0.6) is 0 Å². The Balaban J connectivity index is 0.000000205. The van der Waals surface area contributed by atoms with Crippen LogP contribution in [0.25, 0.3) is 0 Å². The molecule has 3 aromatic rings. The Morgan fingerprint density at radius 2 is 1.38 bits per heavy atom. The Kier molecular flexibility index (Phi) is 9.12. The van der Waals surface area contributed by atoms with E-state index in [1.165, 1.54) is 0 Å². The van der Waals surface area contributed by atoms with Crippen LogP contribution in [0.1, 0.15) is 7.43 Å². The predicted molar refractivity (Wildman–Crippen MR) is 62.5 cm³/mol. The molecule has 16 heavy (non-hydrogen) atoms. The molecule has 0 radical (unpaired) electrons. The Hall–Kier alpha value is -2.37. The van der Waals surface area contributed by atoms with Crippen LogP contribution in [0.3, 0.4) is 0 Å². The van der Waals surface area contributed by atoms with Crippen molar-refractivity contribution >= 4 is 0 Å². The van der Waals surface area contributed by atoms with E-state index in [1.807, 2.05) is 6.07 Å². The molecule has 0 spiro atoms. The smallest absolute Gasteiger partial charge is 0.0919 e. The van der Waals surface area contributed by atoms with E-state index in [1.54, 1.807) is 49.8 Å². The van der Waals surface area contributed by atoms with Gasteiger partial charge in [0.25, 0.3) is 0 Å². The number of nitrogens with one attached hydrogen (secondary N) is 3. The van der Waals surface area contributed by atoms with Crippen molar-refractivity contribution in [1.82, 2.24) is 30.1 Å². The summed E-state index contributed by atoms with van der Waals surface area (Å²) in [6.07, 6.45) is 13.6. The molecule has 0 saturated carbocycles. The van der Waals surface area contributed by atoms with Gasteiger partial charge < -0.3 is 9.97 Å². The Morgan fingerprint density at radius 3 is 1.50 bits per heavy atom. The molecule has 0 amide bonds. The Labute approximate surface area is 94.2 Å². The van der Waals surface area contributed by atoms with Crippen LogP contribution in [0.2, 0.25) is 0 Å². The average Bonchev–Trinajstić information content (AvgIpc) is 3.09. The van der Waals surface area contributed by atoms with Crippen molar-refractivity contribution in [2.24, 2.45) is 0 Å². The summed E-state index contributed by atoms with van der Waals surface area (Å²) >= 11 is 0. The first-order chi connectivity index (χ1) is 7.50. The fourth-order valence-corrected chi connectivity index (χ4v) is 0.645. The molecule has 3 N–H and O–H groups in total. The van der Waals surface area contributed by atoms with Crippen molar-refractivity contribution < 1.29 is 0 Å². The molecular formula is C10H16N6. The fourth-order valence-electron chi connectivity index (χ4n) is 0.645. The molecule has 0 fully saturated rings. The maximum atomic E-state index is 3.67. The second kappa shape index (κ2) is 10.7. The van der Waals surface area contributed by atoms with Crippen molar-refractivity contribution in [1.29, 1.82) is 0 Å². The minimum Gasteiger partial charge on any atom is -0.351 e. The zero-order valence-corrected chi connectivity index (χ0v) is 8.04. The number of H-pyrrole nitrogens is 3. The van der Waals surface area contributed by atoms with E-state index < -0.39 is 0 Å². The van der Waals surface area contributed by atoms with Gasteiger partial charge in [-0.15, -0.1) is 0 Å². The third-order valence-corrected chi connectivity index (χ3v) is 1.22. The molecule has 3 heterocycles. The maximum absolute atomic E-state index is 3.67. The van der Waals surface area contributed by atoms with E-state index in [0.717, 1.165) is 0 Å². The lowest BCUT2D eigenvalue weighted by Gasteiger charge is -1.49. The fraction of sp³-hybridized carbons (Fsp3) is 0.100. The Bertz CT molecular complexity index is 247. The number of nitrogens with zero attached hydrogens (tertiary/aromatic N) is 3. The molecular weight excluding hydrogens is 204 g/mol. The SMILES string of the molecule is C.c1c[nH]cn1.c1c[nH]cn1.c1cn[nH]c1. The van der Waals surface area contributed by atoms with Crippen LogP contribution in [0, 0.1) is 0 Å². The lowest BCUT2D eigenvalue weighted by atomic mass is 10.8. The topological polar surface area (TPSA) is 86.0 Å². The first-order valence-electron chi connectivity index (χ1n) is 4.29. The van der Waals surface area contributed by atoms with Gasteiger partial charge >= 0.3 is 0 Å². The van der Waals surface area contributed by atoms with Crippen LogP contribution in [0.15, 0.2) is 55.9 Å². The molecule has 6 heteroatoms. The summed E-state index contributed by atoms with van der Waals surface area (Å²) in [5, 5.41) is 6.21. The minimum absolute atomic E-state index is 0. The molecule has 3 rings (SSSR count). The summed E-state index contributed by atoms with van der Waals surface area (Å²) in [7, 11) is 0. The standard InChI is InChI=1S/3C3H4N2.CH4/c2*1-2-5-3-4-1;1-2-4-5-3-1;/h3*1-3H,(H,4,5);1H4. The van der Waals surface area contributed by atoms with Crippen LogP contribution in [0.4, 0.5) is 0 Å². The van der Waals surface area contributed by atoms with Crippen molar-refractivity contribution in [2.75, 3.05) is 0 Å². The van der Waals surface area contributed by atoms with E-state index in [-0.39, 0.29) is 7.43 Å². The predicted octanol–water partition coefficient (Wildman–Crippen LogP) is 1.87. The van der Waals surface area contributed by atoms with Crippen molar-refractivity contribution in [3.8, 4) is 0 Å². The summed E-state index contributed by atoms with van der Waals surface area (Å²) in [4.78, 5) is 12.8. The molecule has 86 valence electrons. The number of imidazole rings is 2. The number of aromatic amines is 3. The lowest BCUT2D eigenvalue weighted by molar-refractivity contribution is 1.09. The summed E-state index contributed by atoms with van der Waals surface area (Å²) < 4.78 is 0. The summed E-state index contributed by atoms with van der Waals surface area (Å²) in [6.45, 7) is 0. The van der Waals surface area contributed by atoms with Crippen molar-refractivity contribution in [3.05, 3.63) is 55.9 Å². The van der Waals surface area contributed by atoms with Gasteiger partial charge in [0, 0.05) is 37.2 Å². The summed E-state index contributed by atoms with van der Waals surface area (Å²) in [6, 6.07) is 1.83. The highest BCUT2D eigenvalue weighted by Gasteiger charge is 1.57. The van der Waals surface area contributed by atoms with Crippen LogP contribution in [-0.2, 0) is 0 Å². The molecule has 0 aliphatic heterocycles. The van der Waals surface area contributed by atoms with Gasteiger partial charge in [0.1, 0.15) is 0 Å². The minimum atomic E-state index is 0. The van der Waals surface area contributed by atoms with Crippen LogP contribution in [-0.4, -0.2) is 30.1 Å². The van der Waals surface area contributed by atoms with Gasteiger partial charge in [-0.2, -0.15) is 5.10 Å². The quantitative estimate of drug-likeness (QED) is 0.540. The molecule has 6 nitrogen and oxygen atoms in total. The highest BCUT2D eigenvalue weighted by molar-refractivity contribution is 4.72. The normalized spacial score (nSPS) is 7.50. The van der Waals surface area contributed by atoms with Gasteiger partial charge in [-0.3, -0.25) is 5.10 Å². The highest BCUT2D eigenvalue weighted by Crippen LogP contribution is 1.64. The lowest BCUT2D eigenvalue weighted by Crippen LogP contribution is -1.53. The van der Waals surface area contributed by atoms with Crippen LogP contribution < -0.4 is 0 Å². The zero-order valence-electron chi connectivity index (χ0n) is 8.04. The second-order valence-electron chi connectivity index (χ2n) is 2.29. The van der Waals surface area contributed by atoms with Gasteiger partial charge in [0.2, 0.25) is 0 Å². The van der Waals surface area contributed by atoms with Crippen LogP contribution >= 0.6 is 0 Å². The van der Waals surface area contributed by atoms with Gasteiger partial charge in [0.15, 0.2) is 0 Å². The van der Waals surface area contributed by atoms with Gasteiger partial charge in [-0.25, -0.2) is 9.97 Å². The summed E-state index contributed by atoms with van der Waals surface area (Å²) in [5.74, 6) is 0. The molecule has 0 aliphatic carbocycles. The Morgan fingerprint density at radius 1 is 0.750 bits per heavy atom. The molecule has 0 aliphatic rings. The second-order valence-corrected chi connectivity index (χ2v) is 2.29. The van der Waals surface area contributed by atoms with Gasteiger partial charge in [-0.1, -0.05) is 7.43 Å². The first-order valence-corrected chi connectivity index (χ1v) is 4.29. The third kappa shape index (κ3) is 8.24. The number of hydrogen-bond donors (Lipinski definition) is 3.